The molecule has 1 amide bonds. The zero-order valence-corrected chi connectivity index (χ0v) is 20.2. The Hall–Kier alpha value is -3.59. The van der Waals surface area contributed by atoms with E-state index in [1.807, 2.05) is 12.1 Å². The highest BCUT2D eigenvalue weighted by atomic mass is 35.5. The number of alkyl halides is 3. The van der Waals surface area contributed by atoms with E-state index >= 15 is 0 Å². The van der Waals surface area contributed by atoms with Gasteiger partial charge in [-0.2, -0.15) is 13.2 Å². The number of ether oxygens (including phenoxy) is 1. The molecule has 1 heterocycles. The number of hydrogen-bond donors (Lipinski definition) is 2. The molecular formula is C26H25ClF3N3O3. The number of hydrogen-bond acceptors (Lipinski definition) is 5. The van der Waals surface area contributed by atoms with E-state index in [4.69, 9.17) is 16.3 Å². The fourth-order valence-electron chi connectivity index (χ4n) is 3.45. The van der Waals surface area contributed by atoms with Crippen LogP contribution < -0.4 is 10.6 Å². The van der Waals surface area contributed by atoms with Crippen molar-refractivity contribution in [3.05, 3.63) is 82.6 Å². The number of amides is 1. The van der Waals surface area contributed by atoms with Crippen molar-refractivity contribution in [2.45, 2.75) is 38.8 Å². The molecule has 0 radical (unpaired) electrons. The number of pyridine rings is 1. The van der Waals surface area contributed by atoms with Crippen molar-refractivity contribution < 1.29 is 27.5 Å². The van der Waals surface area contributed by atoms with E-state index in [9.17, 15) is 22.8 Å². The smallest absolute Gasteiger partial charge is 0.417 e. The molecule has 0 aliphatic rings. The number of esters is 1. The molecule has 10 heteroatoms. The Balaban J connectivity index is 1.75. The highest BCUT2D eigenvalue weighted by Crippen LogP contribution is 2.40. The summed E-state index contributed by atoms with van der Waals surface area (Å²) in [6.45, 7) is 2.00. The van der Waals surface area contributed by atoms with Crippen molar-refractivity contribution in [2.24, 2.45) is 0 Å². The molecular weight excluding hydrogens is 495 g/mol. The van der Waals surface area contributed by atoms with Crippen LogP contribution in [0.4, 0.5) is 30.2 Å². The van der Waals surface area contributed by atoms with Gasteiger partial charge in [-0.15, -0.1) is 0 Å². The summed E-state index contributed by atoms with van der Waals surface area (Å²) in [4.78, 5) is 28.1. The molecule has 0 aliphatic heterocycles. The van der Waals surface area contributed by atoms with Crippen molar-refractivity contribution in [3.8, 4) is 0 Å². The van der Waals surface area contributed by atoms with Gasteiger partial charge in [-0.25, -0.2) is 0 Å². The third-order valence-electron chi connectivity index (χ3n) is 5.19. The number of carbonyl (C=O) groups excluding carboxylic acids is 2. The van der Waals surface area contributed by atoms with E-state index < -0.39 is 22.7 Å². The second-order valence-electron chi connectivity index (χ2n) is 7.94. The van der Waals surface area contributed by atoms with Gasteiger partial charge in [-0.1, -0.05) is 23.7 Å². The summed E-state index contributed by atoms with van der Waals surface area (Å²) in [6.07, 6.45) is -0.0133. The number of carbonyl (C=O) groups is 2. The van der Waals surface area contributed by atoms with Gasteiger partial charge in [-0.05, 0) is 67.3 Å². The first-order chi connectivity index (χ1) is 17.2. The van der Waals surface area contributed by atoms with E-state index in [0.29, 0.717) is 24.1 Å². The maximum Gasteiger partial charge on any atom is 0.417 e. The van der Waals surface area contributed by atoms with Gasteiger partial charge < -0.3 is 15.4 Å². The van der Waals surface area contributed by atoms with Gasteiger partial charge in [0, 0.05) is 24.5 Å². The maximum absolute atomic E-state index is 13.5. The van der Waals surface area contributed by atoms with Crippen LogP contribution in [0.1, 0.15) is 36.5 Å². The normalized spacial score (nSPS) is 11.1. The molecule has 3 aromatic rings. The molecule has 6 nitrogen and oxygen atoms in total. The lowest BCUT2D eigenvalue weighted by molar-refractivity contribution is -0.142. The fraction of sp³-hybridized carbons (Fsp3) is 0.269. The molecule has 2 N–H and O–H groups in total. The second kappa shape index (κ2) is 12.4. The number of nitrogens with one attached hydrogen (secondary N) is 2. The molecule has 0 saturated heterocycles. The zero-order valence-electron chi connectivity index (χ0n) is 19.5. The summed E-state index contributed by atoms with van der Waals surface area (Å²) < 4.78 is 45.3. The van der Waals surface area contributed by atoms with Crippen LogP contribution in [0, 0.1) is 0 Å². The van der Waals surface area contributed by atoms with Crippen molar-refractivity contribution in [2.75, 3.05) is 17.2 Å². The SMILES string of the molecule is CCOC(=O)Cc1ccc(Nc2cc(Cl)c(C(F)(F)F)cc2NC(=O)CCCc2ccncc2)cc1. The first kappa shape index (κ1) is 27.0. The van der Waals surface area contributed by atoms with E-state index in [-0.39, 0.29) is 36.8 Å². The largest absolute Gasteiger partial charge is 0.466 e. The number of benzene rings is 2. The Morgan fingerprint density at radius 2 is 1.69 bits per heavy atom. The number of halogens is 4. The number of nitrogens with zero attached hydrogens (tertiary/aromatic N) is 1. The fourth-order valence-corrected chi connectivity index (χ4v) is 3.72. The average molecular weight is 520 g/mol. The molecule has 0 fully saturated rings. The van der Waals surface area contributed by atoms with Gasteiger partial charge in [0.1, 0.15) is 0 Å². The molecule has 0 aliphatic carbocycles. The van der Waals surface area contributed by atoms with Crippen LogP contribution in [-0.2, 0) is 33.3 Å². The minimum absolute atomic E-state index is 0.0452. The topological polar surface area (TPSA) is 80.3 Å². The summed E-state index contributed by atoms with van der Waals surface area (Å²) in [5.41, 5.74) is 1.37. The molecule has 0 atom stereocenters. The van der Waals surface area contributed by atoms with Crippen LogP contribution in [0.5, 0.6) is 0 Å². The Morgan fingerprint density at radius 3 is 2.33 bits per heavy atom. The molecule has 0 saturated carbocycles. The first-order valence-corrected chi connectivity index (χ1v) is 11.6. The number of rotatable bonds is 10. The number of aromatic nitrogens is 1. The van der Waals surface area contributed by atoms with Crippen LogP contribution in [0.3, 0.4) is 0 Å². The lowest BCUT2D eigenvalue weighted by Gasteiger charge is -2.18. The standard InChI is InChI=1S/C26H25ClF3N3O3/c1-2-36-25(35)14-18-6-8-19(9-7-18)32-23-16-21(27)20(26(28,29)30)15-22(23)33-24(34)5-3-4-17-10-12-31-13-11-17/h6-13,15-16,32H,2-5,14H2,1H3,(H,33,34). The van der Waals surface area contributed by atoms with Gasteiger partial charge in [-0.3, -0.25) is 14.6 Å². The highest BCUT2D eigenvalue weighted by Gasteiger charge is 2.34. The van der Waals surface area contributed by atoms with Crippen LogP contribution >= 0.6 is 11.6 Å². The summed E-state index contributed by atoms with van der Waals surface area (Å²) >= 11 is 5.92. The Labute approximate surface area is 211 Å². The van der Waals surface area contributed by atoms with Gasteiger partial charge in [0.25, 0.3) is 0 Å². The minimum atomic E-state index is -4.69. The van der Waals surface area contributed by atoms with Crippen molar-refractivity contribution in [1.82, 2.24) is 4.98 Å². The first-order valence-electron chi connectivity index (χ1n) is 11.3. The maximum atomic E-state index is 13.5. The van der Waals surface area contributed by atoms with Gasteiger partial charge >= 0.3 is 12.1 Å². The summed E-state index contributed by atoms with van der Waals surface area (Å²) in [7, 11) is 0. The summed E-state index contributed by atoms with van der Waals surface area (Å²) in [5.74, 6) is -0.783. The predicted molar refractivity (Wildman–Crippen MR) is 132 cm³/mol. The zero-order chi connectivity index (χ0) is 26.1. The van der Waals surface area contributed by atoms with Crippen molar-refractivity contribution >= 4 is 40.5 Å². The lowest BCUT2D eigenvalue weighted by atomic mass is 10.1. The molecule has 0 unspecified atom stereocenters. The third kappa shape index (κ3) is 7.98. The van der Waals surface area contributed by atoms with Crippen LogP contribution in [0.25, 0.3) is 0 Å². The van der Waals surface area contributed by atoms with Crippen LogP contribution in [0.2, 0.25) is 5.02 Å². The third-order valence-corrected chi connectivity index (χ3v) is 5.50. The quantitative estimate of drug-likeness (QED) is 0.296. The monoisotopic (exact) mass is 519 g/mol. The summed E-state index contributed by atoms with van der Waals surface area (Å²) in [5, 5.41) is 5.07. The van der Waals surface area contributed by atoms with Gasteiger partial charge in [0.2, 0.25) is 5.91 Å². The van der Waals surface area contributed by atoms with E-state index in [2.05, 4.69) is 15.6 Å². The summed E-state index contributed by atoms with van der Waals surface area (Å²) in [6, 6.07) is 12.4. The molecule has 0 bridgehead atoms. The van der Waals surface area contributed by atoms with E-state index in [1.54, 1.807) is 43.6 Å². The highest BCUT2D eigenvalue weighted by molar-refractivity contribution is 6.32. The van der Waals surface area contributed by atoms with Crippen molar-refractivity contribution in [3.63, 3.8) is 0 Å². The van der Waals surface area contributed by atoms with Crippen LogP contribution in [0.15, 0.2) is 60.9 Å². The minimum Gasteiger partial charge on any atom is -0.466 e. The molecule has 0 spiro atoms. The molecule has 2 aromatic carbocycles. The van der Waals surface area contributed by atoms with Gasteiger partial charge in [0.15, 0.2) is 0 Å². The predicted octanol–water partition coefficient (Wildman–Crippen LogP) is 6.56. The lowest BCUT2D eigenvalue weighted by Crippen LogP contribution is -2.15. The number of anilines is 3. The molecule has 3 rings (SSSR count). The second-order valence-corrected chi connectivity index (χ2v) is 8.34. The molecule has 36 heavy (non-hydrogen) atoms. The Kier molecular flexibility index (Phi) is 9.30. The number of aryl methyl sites for hydroxylation is 1. The van der Waals surface area contributed by atoms with E-state index in [0.717, 1.165) is 17.7 Å². The Morgan fingerprint density at radius 1 is 1.00 bits per heavy atom. The van der Waals surface area contributed by atoms with E-state index in [1.165, 1.54) is 0 Å². The van der Waals surface area contributed by atoms with Crippen molar-refractivity contribution in [1.29, 1.82) is 0 Å². The molecule has 1 aromatic heterocycles. The molecule has 190 valence electrons. The Bertz CT molecular complexity index is 1190. The average Bonchev–Trinajstić information content (AvgIpc) is 2.82. The van der Waals surface area contributed by atoms with Gasteiger partial charge in [0.05, 0.1) is 35.0 Å². The van der Waals surface area contributed by atoms with Crippen LogP contribution in [-0.4, -0.2) is 23.5 Å².